The molecule has 3 rings (SSSR count). The Hall–Kier alpha value is -2.20. The molecule has 1 aliphatic heterocycles. The number of rotatable bonds is 7. The second kappa shape index (κ2) is 12.6. The molecular formula is C23H30FIN4O2. The van der Waals surface area contributed by atoms with Gasteiger partial charge in [-0.3, -0.25) is 4.79 Å². The lowest BCUT2D eigenvalue weighted by Crippen LogP contribution is -2.36. The molecule has 2 aromatic carbocycles. The smallest absolute Gasteiger partial charge is 0.253 e. The van der Waals surface area contributed by atoms with Crippen LogP contribution >= 0.6 is 24.0 Å². The van der Waals surface area contributed by atoms with Crippen molar-refractivity contribution in [3.63, 3.8) is 0 Å². The summed E-state index contributed by atoms with van der Waals surface area (Å²) in [6, 6.07) is 12.8. The molecule has 31 heavy (non-hydrogen) atoms. The Bertz CT molecular complexity index is 901. The van der Waals surface area contributed by atoms with Gasteiger partial charge in [-0.15, -0.1) is 24.0 Å². The van der Waals surface area contributed by atoms with E-state index < -0.39 is 0 Å². The molecule has 0 aromatic heterocycles. The lowest BCUT2D eigenvalue weighted by atomic mass is 10.1. The Kier molecular flexibility index (Phi) is 10.2. The predicted molar refractivity (Wildman–Crippen MR) is 132 cm³/mol. The second-order valence-corrected chi connectivity index (χ2v) is 7.32. The van der Waals surface area contributed by atoms with Crippen LogP contribution in [0.2, 0.25) is 0 Å². The quantitative estimate of drug-likeness (QED) is 0.281. The van der Waals surface area contributed by atoms with Crippen molar-refractivity contribution in [3.8, 4) is 0 Å². The number of anilines is 1. The van der Waals surface area contributed by atoms with Gasteiger partial charge in [-0.25, -0.2) is 9.38 Å². The van der Waals surface area contributed by atoms with E-state index in [9.17, 15) is 9.18 Å². The molecule has 1 unspecified atom stereocenters. The summed E-state index contributed by atoms with van der Waals surface area (Å²) in [7, 11) is 0. The van der Waals surface area contributed by atoms with Crippen LogP contribution in [0.15, 0.2) is 47.5 Å². The highest BCUT2D eigenvalue weighted by molar-refractivity contribution is 14.0. The number of nitrogens with one attached hydrogen (secondary N) is 3. The fraction of sp³-hybridized carbons (Fsp3) is 0.391. The maximum absolute atomic E-state index is 13.7. The molecule has 1 heterocycles. The molecule has 1 saturated heterocycles. The molecule has 1 amide bonds. The summed E-state index contributed by atoms with van der Waals surface area (Å²) in [5, 5.41) is 9.33. The fourth-order valence-electron chi connectivity index (χ4n) is 3.20. The number of benzene rings is 2. The average molecular weight is 540 g/mol. The molecule has 2 aromatic rings. The second-order valence-electron chi connectivity index (χ2n) is 7.32. The molecular weight excluding hydrogens is 510 g/mol. The van der Waals surface area contributed by atoms with Crippen LogP contribution in [0.25, 0.3) is 0 Å². The van der Waals surface area contributed by atoms with E-state index in [-0.39, 0.29) is 41.8 Å². The van der Waals surface area contributed by atoms with Gasteiger partial charge in [-0.1, -0.05) is 24.3 Å². The summed E-state index contributed by atoms with van der Waals surface area (Å²) >= 11 is 0. The van der Waals surface area contributed by atoms with Crippen molar-refractivity contribution < 1.29 is 13.9 Å². The van der Waals surface area contributed by atoms with Gasteiger partial charge in [0.05, 0.1) is 6.54 Å². The number of ether oxygens (including phenoxy) is 1. The molecule has 6 nitrogen and oxygen atoms in total. The van der Waals surface area contributed by atoms with Gasteiger partial charge in [-0.05, 0) is 61.6 Å². The van der Waals surface area contributed by atoms with Crippen LogP contribution < -0.4 is 16.0 Å². The highest BCUT2D eigenvalue weighted by Crippen LogP contribution is 2.16. The maximum Gasteiger partial charge on any atom is 0.253 e. The molecule has 1 aliphatic rings. The van der Waals surface area contributed by atoms with Crippen molar-refractivity contribution in [2.24, 2.45) is 4.99 Å². The SMILES string of the molecule is CCNC(=NCc1cccc(NC(=O)C2CCCO2)c1)NCc1ccc(C)c(F)c1.I. The van der Waals surface area contributed by atoms with Gasteiger partial charge in [0.1, 0.15) is 11.9 Å². The number of halogens is 2. The van der Waals surface area contributed by atoms with Gasteiger partial charge in [0.15, 0.2) is 5.96 Å². The number of carbonyl (C=O) groups is 1. The predicted octanol–water partition coefficient (Wildman–Crippen LogP) is 4.12. The Balaban J connectivity index is 0.00000341. The van der Waals surface area contributed by atoms with Gasteiger partial charge < -0.3 is 20.7 Å². The number of amides is 1. The zero-order valence-corrected chi connectivity index (χ0v) is 20.2. The van der Waals surface area contributed by atoms with Crippen LogP contribution in [0, 0.1) is 12.7 Å². The van der Waals surface area contributed by atoms with E-state index in [2.05, 4.69) is 20.9 Å². The minimum atomic E-state index is -0.358. The van der Waals surface area contributed by atoms with E-state index >= 15 is 0 Å². The van der Waals surface area contributed by atoms with Gasteiger partial charge in [-0.2, -0.15) is 0 Å². The number of hydrogen-bond acceptors (Lipinski definition) is 3. The standard InChI is InChI=1S/C23H29FN4O2.HI/c1-3-25-23(27-15-18-10-9-16(2)20(24)13-18)26-14-17-6-4-7-19(12-17)28-22(29)21-8-5-11-30-21;/h4,6-7,9-10,12-13,21H,3,5,8,11,14-15H2,1-2H3,(H,28,29)(H2,25,26,27);1H. The van der Waals surface area contributed by atoms with E-state index in [0.717, 1.165) is 29.7 Å². The van der Waals surface area contributed by atoms with Crippen LogP contribution in [0.5, 0.6) is 0 Å². The lowest BCUT2D eigenvalue weighted by Gasteiger charge is -2.13. The zero-order chi connectivity index (χ0) is 21.3. The fourth-order valence-corrected chi connectivity index (χ4v) is 3.20. The van der Waals surface area contributed by atoms with Crippen LogP contribution in [-0.4, -0.2) is 31.1 Å². The number of hydrogen-bond donors (Lipinski definition) is 3. The Labute approximate surface area is 200 Å². The molecule has 1 fully saturated rings. The molecule has 168 valence electrons. The molecule has 3 N–H and O–H groups in total. The summed E-state index contributed by atoms with van der Waals surface area (Å²) in [5.41, 5.74) is 3.18. The Morgan fingerprint density at radius 1 is 1.19 bits per heavy atom. The van der Waals surface area contributed by atoms with Crippen LogP contribution in [0.1, 0.15) is 36.5 Å². The Morgan fingerprint density at radius 2 is 2.03 bits per heavy atom. The highest BCUT2D eigenvalue weighted by Gasteiger charge is 2.23. The first-order valence-corrected chi connectivity index (χ1v) is 10.3. The normalized spacial score (nSPS) is 15.8. The third-order valence-electron chi connectivity index (χ3n) is 4.88. The third kappa shape index (κ3) is 7.77. The summed E-state index contributed by atoms with van der Waals surface area (Å²) in [6.45, 7) is 6.01. The number of aryl methyl sites for hydroxylation is 1. The van der Waals surface area contributed by atoms with Crippen LogP contribution in [0.3, 0.4) is 0 Å². The Morgan fingerprint density at radius 3 is 2.74 bits per heavy atom. The van der Waals surface area contributed by atoms with E-state index in [1.165, 1.54) is 6.07 Å². The van der Waals surface area contributed by atoms with Gasteiger partial charge in [0, 0.05) is 25.4 Å². The summed E-state index contributed by atoms with van der Waals surface area (Å²) in [5.74, 6) is 0.332. The van der Waals surface area contributed by atoms with Crippen molar-refractivity contribution in [1.82, 2.24) is 10.6 Å². The maximum atomic E-state index is 13.7. The highest BCUT2D eigenvalue weighted by atomic mass is 127. The molecule has 8 heteroatoms. The van der Waals surface area contributed by atoms with Gasteiger partial charge >= 0.3 is 0 Å². The first kappa shape index (κ1) is 25.1. The van der Waals surface area contributed by atoms with Crippen molar-refractivity contribution in [2.45, 2.75) is 45.9 Å². The minimum Gasteiger partial charge on any atom is -0.368 e. The summed E-state index contributed by atoms with van der Waals surface area (Å²) in [4.78, 5) is 16.8. The first-order chi connectivity index (χ1) is 14.5. The lowest BCUT2D eigenvalue weighted by molar-refractivity contribution is -0.124. The monoisotopic (exact) mass is 540 g/mol. The molecule has 0 spiro atoms. The van der Waals surface area contributed by atoms with Crippen LogP contribution in [-0.2, 0) is 22.6 Å². The number of guanidine groups is 1. The van der Waals surface area contributed by atoms with Crippen molar-refractivity contribution in [2.75, 3.05) is 18.5 Å². The van der Waals surface area contributed by atoms with Crippen molar-refractivity contribution >= 4 is 41.5 Å². The van der Waals surface area contributed by atoms with E-state index in [0.29, 0.717) is 37.8 Å². The molecule has 0 aliphatic carbocycles. The van der Waals surface area contributed by atoms with Crippen LogP contribution in [0.4, 0.5) is 10.1 Å². The minimum absolute atomic E-state index is 0. The van der Waals surface area contributed by atoms with Gasteiger partial charge in [0.2, 0.25) is 0 Å². The van der Waals surface area contributed by atoms with E-state index in [1.54, 1.807) is 13.0 Å². The number of carbonyl (C=O) groups excluding carboxylic acids is 1. The molecule has 1 atom stereocenters. The first-order valence-electron chi connectivity index (χ1n) is 10.3. The summed E-state index contributed by atoms with van der Waals surface area (Å²) < 4.78 is 19.2. The van der Waals surface area contributed by atoms with Gasteiger partial charge in [0.25, 0.3) is 5.91 Å². The zero-order valence-electron chi connectivity index (χ0n) is 17.9. The third-order valence-corrected chi connectivity index (χ3v) is 4.88. The average Bonchev–Trinajstić information content (AvgIpc) is 3.28. The molecule has 0 saturated carbocycles. The topological polar surface area (TPSA) is 74.8 Å². The summed E-state index contributed by atoms with van der Waals surface area (Å²) in [6.07, 6.45) is 1.32. The van der Waals surface area contributed by atoms with E-state index in [1.807, 2.05) is 37.3 Å². The molecule has 0 radical (unpaired) electrons. The van der Waals surface area contributed by atoms with E-state index in [4.69, 9.17) is 4.74 Å². The largest absolute Gasteiger partial charge is 0.368 e. The molecule has 0 bridgehead atoms. The number of aliphatic imine (C=N–C) groups is 1. The van der Waals surface area contributed by atoms with Crippen molar-refractivity contribution in [1.29, 1.82) is 0 Å². The number of nitrogens with zero attached hydrogens (tertiary/aromatic N) is 1. The van der Waals surface area contributed by atoms with Crippen molar-refractivity contribution in [3.05, 3.63) is 65.0 Å².